The minimum Gasteiger partial charge on any atom is -0.379 e. The number of carbonyl (C=O) groups is 1. The smallest absolute Gasteiger partial charge is 0.262 e. The van der Waals surface area contributed by atoms with Crippen molar-refractivity contribution in [1.82, 2.24) is 20.2 Å². The van der Waals surface area contributed by atoms with E-state index in [2.05, 4.69) is 20.2 Å². The van der Waals surface area contributed by atoms with Crippen molar-refractivity contribution in [1.29, 1.82) is 5.26 Å². The maximum absolute atomic E-state index is 11.9. The van der Waals surface area contributed by atoms with Gasteiger partial charge in [0, 0.05) is 26.2 Å². The van der Waals surface area contributed by atoms with E-state index >= 15 is 0 Å². The minimum atomic E-state index is -0.365. The molecule has 1 aliphatic rings. The lowest BCUT2D eigenvalue weighted by molar-refractivity contribution is -0.117. The van der Waals surface area contributed by atoms with Crippen LogP contribution in [0.4, 0.5) is 0 Å². The second-order valence-electron chi connectivity index (χ2n) is 4.39. The Morgan fingerprint density at radius 3 is 3.05 bits per heavy atom. The summed E-state index contributed by atoms with van der Waals surface area (Å²) < 4.78 is 5.25. The minimum absolute atomic E-state index is 0.0660. The number of aromatic nitrogens is 2. The molecule has 7 nitrogen and oxygen atoms in total. The third-order valence-electron chi connectivity index (χ3n) is 3.00. The van der Waals surface area contributed by atoms with Crippen molar-refractivity contribution in [2.45, 2.75) is 0 Å². The normalized spacial score (nSPS) is 16.6. The maximum atomic E-state index is 11.9. The predicted molar refractivity (Wildman–Crippen MR) is 72.4 cm³/mol. The molecule has 0 aromatic carbocycles. The lowest BCUT2D eigenvalue weighted by Crippen LogP contribution is -2.41. The second-order valence-corrected chi connectivity index (χ2v) is 4.39. The van der Waals surface area contributed by atoms with Gasteiger partial charge in [0.2, 0.25) is 0 Å². The fourth-order valence-electron chi connectivity index (χ4n) is 1.90. The average molecular weight is 275 g/mol. The Kier molecular flexibility index (Phi) is 5.29. The Balaban J connectivity index is 1.79. The van der Waals surface area contributed by atoms with Crippen molar-refractivity contribution >= 4 is 12.0 Å². The fourth-order valence-corrected chi connectivity index (χ4v) is 1.90. The molecule has 0 saturated carbocycles. The number of morpholine rings is 1. The maximum Gasteiger partial charge on any atom is 0.262 e. The van der Waals surface area contributed by atoms with E-state index in [0.717, 1.165) is 32.8 Å². The van der Waals surface area contributed by atoms with E-state index in [0.29, 0.717) is 12.2 Å². The van der Waals surface area contributed by atoms with Crippen LogP contribution in [0.3, 0.4) is 0 Å². The Hall–Kier alpha value is -2.17. The highest BCUT2D eigenvalue weighted by molar-refractivity contribution is 6.01. The highest BCUT2D eigenvalue weighted by Gasteiger charge is 2.12. The van der Waals surface area contributed by atoms with Gasteiger partial charge < -0.3 is 15.0 Å². The summed E-state index contributed by atoms with van der Waals surface area (Å²) in [7, 11) is 0. The van der Waals surface area contributed by atoms with Gasteiger partial charge in [0.25, 0.3) is 5.91 Å². The number of carbonyl (C=O) groups excluding carboxylic acids is 1. The van der Waals surface area contributed by atoms with Gasteiger partial charge >= 0.3 is 0 Å². The van der Waals surface area contributed by atoms with Gasteiger partial charge in [-0.15, -0.1) is 0 Å². The number of rotatable bonds is 5. The Morgan fingerprint density at radius 1 is 1.60 bits per heavy atom. The van der Waals surface area contributed by atoms with E-state index < -0.39 is 0 Å². The molecule has 1 amide bonds. The van der Waals surface area contributed by atoms with Crippen LogP contribution in [0.25, 0.3) is 6.08 Å². The molecular weight excluding hydrogens is 258 g/mol. The van der Waals surface area contributed by atoms with Crippen molar-refractivity contribution in [3.05, 3.63) is 23.8 Å². The van der Waals surface area contributed by atoms with Crippen molar-refractivity contribution in [3.8, 4) is 6.07 Å². The topological polar surface area (TPSA) is 94.0 Å². The van der Waals surface area contributed by atoms with E-state index in [1.54, 1.807) is 6.20 Å². The van der Waals surface area contributed by atoms with E-state index in [1.807, 2.05) is 6.07 Å². The molecule has 2 rings (SSSR count). The van der Waals surface area contributed by atoms with Gasteiger partial charge in [-0.3, -0.25) is 9.69 Å². The average Bonchev–Trinajstić information content (AvgIpc) is 2.98. The molecule has 1 aromatic heterocycles. The van der Waals surface area contributed by atoms with Crippen molar-refractivity contribution in [2.75, 3.05) is 39.4 Å². The molecule has 1 aromatic rings. The largest absolute Gasteiger partial charge is 0.379 e. The van der Waals surface area contributed by atoms with Crippen LogP contribution < -0.4 is 5.32 Å². The number of hydrogen-bond donors (Lipinski definition) is 2. The van der Waals surface area contributed by atoms with Crippen LogP contribution >= 0.6 is 0 Å². The molecule has 1 aliphatic heterocycles. The second kappa shape index (κ2) is 7.43. The van der Waals surface area contributed by atoms with Crippen LogP contribution in [0.15, 0.2) is 18.1 Å². The van der Waals surface area contributed by atoms with E-state index in [9.17, 15) is 4.79 Å². The molecule has 1 fully saturated rings. The van der Waals surface area contributed by atoms with Crippen molar-refractivity contribution < 1.29 is 9.53 Å². The summed E-state index contributed by atoms with van der Waals surface area (Å²) in [5.41, 5.74) is 0.695. The molecule has 20 heavy (non-hydrogen) atoms. The molecule has 0 aliphatic carbocycles. The zero-order chi connectivity index (χ0) is 14.2. The zero-order valence-corrected chi connectivity index (χ0v) is 11.1. The number of amides is 1. The first-order valence-corrected chi connectivity index (χ1v) is 6.48. The first-order chi connectivity index (χ1) is 9.79. The molecule has 1 saturated heterocycles. The Labute approximate surface area is 117 Å². The Bertz CT molecular complexity index is 497. The summed E-state index contributed by atoms with van der Waals surface area (Å²) in [5, 5.41) is 11.7. The van der Waals surface area contributed by atoms with Crippen LogP contribution in [0.1, 0.15) is 5.69 Å². The first kappa shape index (κ1) is 14.2. The van der Waals surface area contributed by atoms with Gasteiger partial charge in [-0.05, 0) is 6.08 Å². The van der Waals surface area contributed by atoms with E-state index in [1.165, 1.54) is 12.4 Å². The molecule has 0 radical (unpaired) electrons. The van der Waals surface area contributed by atoms with Crippen molar-refractivity contribution in [2.24, 2.45) is 0 Å². The summed E-state index contributed by atoms with van der Waals surface area (Å²) in [6.45, 7) is 4.50. The summed E-state index contributed by atoms with van der Waals surface area (Å²) >= 11 is 0. The SMILES string of the molecule is N#C/C(=C\c1cnc[nH]1)C(=O)NCCN1CCOCC1. The van der Waals surface area contributed by atoms with Crippen LogP contribution in [-0.4, -0.2) is 60.2 Å². The molecular formula is C13H17N5O2. The highest BCUT2D eigenvalue weighted by atomic mass is 16.5. The number of nitrogens with one attached hydrogen (secondary N) is 2. The standard InChI is InChI=1S/C13H17N5O2/c14-8-11(7-12-9-15-10-17-12)13(19)16-1-2-18-3-5-20-6-4-18/h7,9-10H,1-6H2,(H,15,17)(H,16,19)/b11-7+. The van der Waals surface area contributed by atoms with E-state index in [4.69, 9.17) is 10.00 Å². The number of H-pyrrole nitrogens is 1. The van der Waals surface area contributed by atoms with Crippen LogP contribution in [0.5, 0.6) is 0 Å². The number of ether oxygens (including phenoxy) is 1. The molecule has 7 heteroatoms. The number of aromatic amines is 1. The molecule has 2 heterocycles. The number of imidazole rings is 1. The molecule has 2 N–H and O–H groups in total. The van der Waals surface area contributed by atoms with Crippen LogP contribution in [0.2, 0.25) is 0 Å². The molecule has 106 valence electrons. The third-order valence-corrected chi connectivity index (χ3v) is 3.00. The third kappa shape index (κ3) is 4.19. The van der Waals surface area contributed by atoms with Crippen LogP contribution in [-0.2, 0) is 9.53 Å². The van der Waals surface area contributed by atoms with Gasteiger partial charge in [0.05, 0.1) is 31.4 Å². The molecule has 0 unspecified atom stereocenters. The predicted octanol–water partition coefficient (Wildman–Crippen LogP) is -0.235. The summed E-state index contributed by atoms with van der Waals surface area (Å²) in [6, 6.07) is 1.90. The lowest BCUT2D eigenvalue weighted by Gasteiger charge is -2.26. The van der Waals surface area contributed by atoms with E-state index in [-0.39, 0.29) is 11.5 Å². The molecule has 0 spiro atoms. The van der Waals surface area contributed by atoms with Gasteiger partial charge in [-0.25, -0.2) is 4.98 Å². The lowest BCUT2D eigenvalue weighted by atomic mass is 10.2. The molecule has 0 bridgehead atoms. The monoisotopic (exact) mass is 275 g/mol. The van der Waals surface area contributed by atoms with Crippen LogP contribution in [0, 0.1) is 11.3 Å². The van der Waals surface area contributed by atoms with Crippen molar-refractivity contribution in [3.63, 3.8) is 0 Å². The van der Waals surface area contributed by atoms with Gasteiger partial charge in [0.1, 0.15) is 11.6 Å². The summed E-state index contributed by atoms with van der Waals surface area (Å²) in [5.74, 6) is -0.365. The zero-order valence-electron chi connectivity index (χ0n) is 11.1. The van der Waals surface area contributed by atoms with Gasteiger partial charge in [0.15, 0.2) is 0 Å². The number of nitriles is 1. The Morgan fingerprint density at radius 2 is 2.40 bits per heavy atom. The first-order valence-electron chi connectivity index (χ1n) is 6.48. The van der Waals surface area contributed by atoms with Gasteiger partial charge in [-0.1, -0.05) is 0 Å². The summed E-state index contributed by atoms with van der Waals surface area (Å²) in [6.07, 6.45) is 4.53. The quantitative estimate of drug-likeness (QED) is 0.571. The number of hydrogen-bond acceptors (Lipinski definition) is 5. The number of nitrogens with zero attached hydrogens (tertiary/aromatic N) is 3. The summed E-state index contributed by atoms with van der Waals surface area (Å²) in [4.78, 5) is 20.7. The fraction of sp³-hybridized carbons (Fsp3) is 0.462. The van der Waals surface area contributed by atoms with Gasteiger partial charge in [-0.2, -0.15) is 5.26 Å². The highest BCUT2D eigenvalue weighted by Crippen LogP contribution is 2.02. The molecule has 0 atom stereocenters.